The van der Waals surface area contributed by atoms with Gasteiger partial charge in [-0.25, -0.2) is 10.5 Å². The molecule has 1 saturated carbocycles. The molecule has 8 heteroatoms. The molecule has 2 rings (SSSR count). The zero-order chi connectivity index (χ0) is 18.9. The number of nitrogens with one attached hydrogen (secondary N) is 3. The van der Waals surface area contributed by atoms with Gasteiger partial charge in [-0.2, -0.15) is 0 Å². The molecule has 8 nitrogen and oxygen atoms in total. The summed E-state index contributed by atoms with van der Waals surface area (Å²) in [6.07, 6.45) is 10.7. The monoisotopic (exact) mass is 361 g/mol. The average molecular weight is 361 g/mol. The molecule has 1 fully saturated rings. The number of nitrogens with zero attached hydrogens (tertiary/aromatic N) is 2. The Bertz CT molecular complexity index is 624. The third kappa shape index (κ3) is 6.44. The Morgan fingerprint density at radius 2 is 2.00 bits per heavy atom. The summed E-state index contributed by atoms with van der Waals surface area (Å²) in [6, 6.07) is -0.0957. The van der Waals surface area contributed by atoms with E-state index in [0.29, 0.717) is 23.9 Å². The lowest BCUT2D eigenvalue weighted by Gasteiger charge is -2.22. The van der Waals surface area contributed by atoms with E-state index in [1.807, 2.05) is 0 Å². The molecule has 1 atom stereocenters. The number of carbonyl (C=O) groups is 2. The first-order chi connectivity index (χ1) is 12.5. The standard InChI is InChI=1S/C18H27N5O3/c1-12(2)9-15(18(25)21-13-5-3-4-6-13)22-16-11-19-14(10-20-16)7-8-17(24)23-26/h7-8,10-13,15,26H,3-6,9H2,1-2H3,(H,20,22)(H,21,25)(H,23,24)/b8-7+/t15-/m1/s1. The topological polar surface area (TPSA) is 116 Å². The Labute approximate surface area is 153 Å². The van der Waals surface area contributed by atoms with Crippen LogP contribution in [0.25, 0.3) is 6.08 Å². The summed E-state index contributed by atoms with van der Waals surface area (Å²) in [4.78, 5) is 32.0. The van der Waals surface area contributed by atoms with E-state index in [1.54, 1.807) is 0 Å². The van der Waals surface area contributed by atoms with Gasteiger partial charge in [0.15, 0.2) is 0 Å². The Balaban J connectivity index is 1.99. The van der Waals surface area contributed by atoms with E-state index in [4.69, 9.17) is 5.21 Å². The van der Waals surface area contributed by atoms with Gasteiger partial charge in [0.2, 0.25) is 5.91 Å². The minimum absolute atomic E-state index is 0.00371. The number of hydrogen-bond acceptors (Lipinski definition) is 6. The first kappa shape index (κ1) is 19.8. The van der Waals surface area contributed by atoms with Gasteiger partial charge in [0, 0.05) is 12.1 Å². The SMILES string of the molecule is CC(C)C[C@@H](Nc1cnc(/C=C/C(=O)NO)cn1)C(=O)NC1CCCC1. The molecule has 4 N–H and O–H groups in total. The molecule has 0 aliphatic heterocycles. The van der Waals surface area contributed by atoms with Crippen LogP contribution in [-0.4, -0.2) is 39.1 Å². The number of anilines is 1. The van der Waals surface area contributed by atoms with Crippen molar-refractivity contribution >= 4 is 23.7 Å². The maximum absolute atomic E-state index is 12.6. The van der Waals surface area contributed by atoms with Crippen molar-refractivity contribution in [3.05, 3.63) is 24.2 Å². The van der Waals surface area contributed by atoms with E-state index in [9.17, 15) is 9.59 Å². The molecule has 1 aliphatic rings. The highest BCUT2D eigenvalue weighted by molar-refractivity contribution is 5.90. The first-order valence-electron chi connectivity index (χ1n) is 8.99. The van der Waals surface area contributed by atoms with Crippen LogP contribution in [0.15, 0.2) is 18.5 Å². The van der Waals surface area contributed by atoms with Crippen LogP contribution in [0.1, 0.15) is 51.6 Å². The van der Waals surface area contributed by atoms with Gasteiger partial charge in [0.1, 0.15) is 11.9 Å². The highest BCUT2D eigenvalue weighted by atomic mass is 16.5. The van der Waals surface area contributed by atoms with Gasteiger partial charge in [0.05, 0.1) is 18.1 Å². The predicted octanol–water partition coefficient (Wildman–Crippen LogP) is 1.88. The molecule has 0 bridgehead atoms. The minimum Gasteiger partial charge on any atom is -0.357 e. The Hall–Kier alpha value is -2.48. The van der Waals surface area contributed by atoms with Crippen LogP contribution in [0.3, 0.4) is 0 Å². The van der Waals surface area contributed by atoms with E-state index in [-0.39, 0.29) is 18.0 Å². The molecule has 142 valence electrons. The van der Waals surface area contributed by atoms with Crippen molar-refractivity contribution in [2.24, 2.45) is 5.92 Å². The lowest BCUT2D eigenvalue weighted by atomic mass is 10.0. The van der Waals surface area contributed by atoms with Crippen LogP contribution in [0.4, 0.5) is 5.82 Å². The smallest absolute Gasteiger partial charge is 0.267 e. The van der Waals surface area contributed by atoms with E-state index in [0.717, 1.165) is 18.9 Å². The fourth-order valence-corrected chi connectivity index (χ4v) is 2.95. The summed E-state index contributed by atoms with van der Waals surface area (Å²) >= 11 is 0. The summed E-state index contributed by atoms with van der Waals surface area (Å²) in [5.74, 6) is 0.209. The number of carbonyl (C=O) groups excluding carboxylic acids is 2. The number of aromatic nitrogens is 2. The van der Waals surface area contributed by atoms with Crippen LogP contribution >= 0.6 is 0 Å². The summed E-state index contributed by atoms with van der Waals surface area (Å²) in [7, 11) is 0. The molecule has 0 saturated heterocycles. The Kier molecular flexibility index (Phi) is 7.53. The number of rotatable bonds is 8. The van der Waals surface area contributed by atoms with Crippen molar-refractivity contribution < 1.29 is 14.8 Å². The lowest BCUT2D eigenvalue weighted by Crippen LogP contribution is -2.44. The maximum Gasteiger partial charge on any atom is 0.267 e. The van der Waals surface area contributed by atoms with E-state index < -0.39 is 5.91 Å². The second-order valence-electron chi connectivity index (χ2n) is 6.95. The predicted molar refractivity (Wildman–Crippen MR) is 98.3 cm³/mol. The summed E-state index contributed by atoms with van der Waals surface area (Å²) in [6.45, 7) is 4.15. The third-order valence-corrected chi connectivity index (χ3v) is 4.23. The van der Waals surface area contributed by atoms with Gasteiger partial charge in [0.25, 0.3) is 5.91 Å². The number of amides is 2. The molecule has 1 heterocycles. The van der Waals surface area contributed by atoms with E-state index >= 15 is 0 Å². The van der Waals surface area contributed by atoms with Crippen LogP contribution in [0.2, 0.25) is 0 Å². The number of hydrogen-bond donors (Lipinski definition) is 4. The molecule has 0 radical (unpaired) electrons. The second-order valence-corrected chi connectivity index (χ2v) is 6.95. The molecule has 1 aliphatic carbocycles. The van der Waals surface area contributed by atoms with Crippen molar-refractivity contribution in [1.82, 2.24) is 20.8 Å². The van der Waals surface area contributed by atoms with Crippen LogP contribution < -0.4 is 16.1 Å². The van der Waals surface area contributed by atoms with E-state index in [2.05, 4.69) is 34.4 Å². The quantitative estimate of drug-likeness (QED) is 0.319. The third-order valence-electron chi connectivity index (χ3n) is 4.23. The maximum atomic E-state index is 12.6. The summed E-state index contributed by atoms with van der Waals surface area (Å²) in [5.41, 5.74) is 1.97. The molecule has 1 aromatic heterocycles. The van der Waals surface area contributed by atoms with Gasteiger partial charge in [-0.05, 0) is 31.3 Å². The van der Waals surface area contributed by atoms with Gasteiger partial charge in [-0.15, -0.1) is 0 Å². The zero-order valence-corrected chi connectivity index (χ0v) is 15.2. The summed E-state index contributed by atoms with van der Waals surface area (Å²) < 4.78 is 0. The molecule has 26 heavy (non-hydrogen) atoms. The molecular weight excluding hydrogens is 334 g/mol. The van der Waals surface area contributed by atoms with Crippen LogP contribution in [0.5, 0.6) is 0 Å². The lowest BCUT2D eigenvalue weighted by molar-refractivity contribution is -0.124. The molecule has 0 spiro atoms. The molecule has 0 unspecified atom stereocenters. The van der Waals surface area contributed by atoms with Crippen molar-refractivity contribution in [2.45, 2.75) is 58.0 Å². The largest absolute Gasteiger partial charge is 0.357 e. The van der Waals surface area contributed by atoms with Crippen LogP contribution in [-0.2, 0) is 9.59 Å². The van der Waals surface area contributed by atoms with Crippen molar-refractivity contribution in [3.8, 4) is 0 Å². The zero-order valence-electron chi connectivity index (χ0n) is 15.2. The van der Waals surface area contributed by atoms with Crippen molar-refractivity contribution in [3.63, 3.8) is 0 Å². The number of hydroxylamine groups is 1. The molecule has 2 amide bonds. The molecule has 1 aromatic rings. The van der Waals surface area contributed by atoms with Crippen molar-refractivity contribution in [2.75, 3.05) is 5.32 Å². The fraction of sp³-hybridized carbons (Fsp3) is 0.556. The summed E-state index contributed by atoms with van der Waals surface area (Å²) in [5, 5.41) is 14.7. The van der Waals surface area contributed by atoms with Crippen molar-refractivity contribution in [1.29, 1.82) is 0 Å². The van der Waals surface area contributed by atoms with Gasteiger partial charge in [-0.1, -0.05) is 26.7 Å². The highest BCUT2D eigenvalue weighted by Crippen LogP contribution is 2.19. The average Bonchev–Trinajstić information content (AvgIpc) is 3.12. The van der Waals surface area contributed by atoms with E-state index in [1.165, 1.54) is 36.8 Å². The highest BCUT2D eigenvalue weighted by Gasteiger charge is 2.24. The molecule has 0 aromatic carbocycles. The van der Waals surface area contributed by atoms with Crippen LogP contribution in [0, 0.1) is 5.92 Å². The van der Waals surface area contributed by atoms with Gasteiger partial charge in [-0.3, -0.25) is 19.8 Å². The minimum atomic E-state index is -0.644. The Morgan fingerprint density at radius 1 is 1.27 bits per heavy atom. The first-order valence-corrected chi connectivity index (χ1v) is 8.99. The Morgan fingerprint density at radius 3 is 2.58 bits per heavy atom. The normalized spacial score (nSPS) is 16.0. The fourth-order valence-electron chi connectivity index (χ4n) is 2.95. The second kappa shape index (κ2) is 9.86. The molecular formula is C18H27N5O3. The van der Waals surface area contributed by atoms with Gasteiger partial charge < -0.3 is 10.6 Å². The van der Waals surface area contributed by atoms with Gasteiger partial charge >= 0.3 is 0 Å².